The summed E-state index contributed by atoms with van der Waals surface area (Å²) >= 11 is 1.22. The van der Waals surface area contributed by atoms with Crippen LogP contribution in [-0.4, -0.2) is 32.8 Å². The number of nitrogens with one attached hydrogen (secondary N) is 1. The molecule has 1 aromatic heterocycles. The third kappa shape index (κ3) is 3.00. The average molecular weight is 301 g/mol. The Labute approximate surface area is 126 Å². The van der Waals surface area contributed by atoms with Gasteiger partial charge in [0.05, 0.1) is 11.9 Å². The molecule has 6 heteroatoms. The molecule has 1 aliphatic rings. The van der Waals surface area contributed by atoms with E-state index in [2.05, 4.69) is 9.97 Å². The van der Waals surface area contributed by atoms with E-state index in [4.69, 9.17) is 0 Å². The molecule has 1 amide bonds. The van der Waals surface area contributed by atoms with Crippen LogP contribution in [0.25, 0.3) is 11.3 Å². The molecule has 21 heavy (non-hydrogen) atoms. The summed E-state index contributed by atoms with van der Waals surface area (Å²) in [5.41, 5.74) is 1.90. The molecule has 1 saturated heterocycles. The highest BCUT2D eigenvalue weighted by Crippen LogP contribution is 2.28. The summed E-state index contributed by atoms with van der Waals surface area (Å²) < 4.78 is 0. The van der Waals surface area contributed by atoms with Gasteiger partial charge in [-0.15, -0.1) is 0 Å². The van der Waals surface area contributed by atoms with Gasteiger partial charge in [0.1, 0.15) is 0 Å². The lowest BCUT2D eigenvalue weighted by Gasteiger charge is -2.12. The minimum Gasteiger partial charge on any atom is -0.324 e. The summed E-state index contributed by atoms with van der Waals surface area (Å²) in [6.45, 7) is 2.04. The van der Waals surface area contributed by atoms with Crippen LogP contribution in [0.4, 0.5) is 5.95 Å². The van der Waals surface area contributed by atoms with E-state index in [0.29, 0.717) is 18.9 Å². The molecule has 3 rings (SSSR count). The molecular formula is C15H15N3O2S. The molecule has 0 radical (unpaired) electrons. The largest absolute Gasteiger partial charge is 0.324 e. The van der Waals surface area contributed by atoms with Crippen molar-refractivity contribution < 1.29 is 9.59 Å². The first-order chi connectivity index (χ1) is 10.1. The fourth-order valence-electron chi connectivity index (χ4n) is 2.41. The number of anilines is 1. The van der Waals surface area contributed by atoms with E-state index >= 15 is 0 Å². The van der Waals surface area contributed by atoms with Gasteiger partial charge in [-0.1, -0.05) is 42.1 Å². The van der Waals surface area contributed by atoms with E-state index in [-0.39, 0.29) is 16.3 Å². The Morgan fingerprint density at radius 2 is 2.14 bits per heavy atom. The normalized spacial score (nSPS) is 18.2. The molecule has 0 bridgehead atoms. The van der Waals surface area contributed by atoms with Gasteiger partial charge in [0.2, 0.25) is 11.9 Å². The molecule has 0 saturated carbocycles. The number of carbonyl (C=O) groups is 2. The maximum absolute atomic E-state index is 12.1. The number of rotatable bonds is 3. The van der Waals surface area contributed by atoms with Gasteiger partial charge in [-0.3, -0.25) is 14.5 Å². The van der Waals surface area contributed by atoms with Gasteiger partial charge in [-0.25, -0.2) is 4.98 Å². The molecule has 1 unspecified atom stereocenters. The van der Waals surface area contributed by atoms with Gasteiger partial charge in [0.15, 0.2) is 5.12 Å². The third-order valence-corrected chi connectivity index (χ3v) is 4.31. The standard InChI is InChI=1S/C15H15N3O2S/c1-10(19)21-12-7-14(20)18(9-12)15-16-8-13(17-15)11-5-3-2-4-6-11/h2-6,8,12H,7,9H2,1H3,(H,16,17). The smallest absolute Gasteiger partial charge is 0.230 e. The number of aromatic nitrogens is 2. The van der Waals surface area contributed by atoms with Gasteiger partial charge >= 0.3 is 0 Å². The molecule has 108 valence electrons. The highest BCUT2D eigenvalue weighted by atomic mass is 32.2. The van der Waals surface area contributed by atoms with Crippen molar-refractivity contribution in [1.29, 1.82) is 0 Å². The zero-order chi connectivity index (χ0) is 14.8. The molecule has 0 spiro atoms. The minimum absolute atomic E-state index is 0.00251. The number of thioether (sulfide) groups is 1. The number of benzene rings is 1. The summed E-state index contributed by atoms with van der Waals surface area (Å²) in [6, 6.07) is 9.83. The van der Waals surface area contributed by atoms with Crippen molar-refractivity contribution >= 4 is 28.7 Å². The Hall–Kier alpha value is -2.08. The van der Waals surface area contributed by atoms with Crippen LogP contribution in [0.3, 0.4) is 0 Å². The van der Waals surface area contributed by atoms with Crippen LogP contribution in [0.15, 0.2) is 36.5 Å². The molecule has 1 aliphatic heterocycles. The van der Waals surface area contributed by atoms with Gasteiger partial charge in [0.25, 0.3) is 0 Å². The Bertz CT molecular complexity index is 669. The molecule has 1 fully saturated rings. The first kappa shape index (κ1) is 13.9. The SMILES string of the molecule is CC(=O)SC1CC(=O)N(c2ncc(-c3ccccc3)[nH]2)C1. The van der Waals surface area contributed by atoms with Gasteiger partial charge in [-0.05, 0) is 5.56 Å². The van der Waals surface area contributed by atoms with Gasteiger partial charge in [0, 0.05) is 25.1 Å². The molecule has 5 nitrogen and oxygen atoms in total. The fraction of sp³-hybridized carbons (Fsp3) is 0.267. The predicted octanol–water partition coefficient (Wildman–Crippen LogP) is 2.46. The monoisotopic (exact) mass is 301 g/mol. The van der Waals surface area contributed by atoms with Gasteiger partial charge in [-0.2, -0.15) is 0 Å². The number of amides is 1. The summed E-state index contributed by atoms with van der Waals surface area (Å²) in [4.78, 5) is 32.3. The molecule has 1 N–H and O–H groups in total. The van der Waals surface area contributed by atoms with E-state index in [1.165, 1.54) is 18.7 Å². The van der Waals surface area contributed by atoms with E-state index in [0.717, 1.165) is 11.3 Å². The molecule has 2 aromatic rings. The number of H-pyrrole nitrogens is 1. The zero-order valence-electron chi connectivity index (χ0n) is 11.6. The van der Waals surface area contributed by atoms with E-state index < -0.39 is 0 Å². The first-order valence-corrected chi connectivity index (χ1v) is 7.59. The van der Waals surface area contributed by atoms with E-state index in [1.807, 2.05) is 30.3 Å². The zero-order valence-corrected chi connectivity index (χ0v) is 12.4. The number of carbonyl (C=O) groups excluding carboxylic acids is 2. The summed E-state index contributed by atoms with van der Waals surface area (Å²) in [7, 11) is 0. The summed E-state index contributed by atoms with van der Waals surface area (Å²) in [5, 5.41) is 0.0549. The first-order valence-electron chi connectivity index (χ1n) is 6.71. The Kier molecular flexibility index (Phi) is 3.79. The van der Waals surface area contributed by atoms with Crippen molar-refractivity contribution in [3.63, 3.8) is 0 Å². The number of hydrogen-bond acceptors (Lipinski definition) is 4. The van der Waals surface area contributed by atoms with Crippen LogP contribution < -0.4 is 4.90 Å². The van der Waals surface area contributed by atoms with Crippen LogP contribution in [0, 0.1) is 0 Å². The van der Waals surface area contributed by atoms with Crippen molar-refractivity contribution in [2.24, 2.45) is 0 Å². The molecule has 1 atom stereocenters. The maximum Gasteiger partial charge on any atom is 0.230 e. The highest BCUT2D eigenvalue weighted by molar-refractivity contribution is 8.14. The topological polar surface area (TPSA) is 66.1 Å². The summed E-state index contributed by atoms with van der Waals surface area (Å²) in [6.07, 6.45) is 2.11. The van der Waals surface area contributed by atoms with Crippen molar-refractivity contribution in [2.45, 2.75) is 18.6 Å². The fourth-order valence-corrected chi connectivity index (χ4v) is 3.32. The number of imidazole rings is 1. The lowest BCUT2D eigenvalue weighted by atomic mass is 10.2. The van der Waals surface area contributed by atoms with E-state index in [9.17, 15) is 9.59 Å². The van der Waals surface area contributed by atoms with Crippen molar-refractivity contribution in [1.82, 2.24) is 9.97 Å². The minimum atomic E-state index is 0.00251. The Morgan fingerprint density at radius 3 is 2.86 bits per heavy atom. The number of aromatic amines is 1. The average Bonchev–Trinajstić information content (AvgIpc) is 3.06. The molecule has 0 aliphatic carbocycles. The quantitative estimate of drug-likeness (QED) is 0.945. The lowest BCUT2D eigenvalue weighted by molar-refractivity contribution is -0.117. The maximum atomic E-state index is 12.1. The second kappa shape index (κ2) is 5.73. The molecule has 2 heterocycles. The van der Waals surface area contributed by atoms with Crippen molar-refractivity contribution in [2.75, 3.05) is 11.4 Å². The number of nitrogens with zero attached hydrogens (tertiary/aromatic N) is 2. The Balaban J connectivity index is 1.78. The summed E-state index contributed by atoms with van der Waals surface area (Å²) in [5.74, 6) is 0.549. The van der Waals surface area contributed by atoms with Crippen LogP contribution in [0.1, 0.15) is 13.3 Å². The Morgan fingerprint density at radius 1 is 1.38 bits per heavy atom. The second-order valence-corrected chi connectivity index (χ2v) is 6.40. The van der Waals surface area contributed by atoms with Crippen LogP contribution in [0.5, 0.6) is 0 Å². The van der Waals surface area contributed by atoms with Gasteiger partial charge < -0.3 is 4.98 Å². The van der Waals surface area contributed by atoms with Crippen LogP contribution in [-0.2, 0) is 9.59 Å². The number of hydrogen-bond donors (Lipinski definition) is 1. The van der Waals surface area contributed by atoms with Crippen LogP contribution in [0.2, 0.25) is 0 Å². The molecule has 1 aromatic carbocycles. The lowest BCUT2D eigenvalue weighted by Crippen LogP contribution is -2.26. The van der Waals surface area contributed by atoms with Crippen molar-refractivity contribution in [3.8, 4) is 11.3 Å². The third-order valence-electron chi connectivity index (χ3n) is 3.33. The highest BCUT2D eigenvalue weighted by Gasteiger charge is 2.33. The second-order valence-electron chi connectivity index (χ2n) is 4.93. The van der Waals surface area contributed by atoms with Crippen molar-refractivity contribution in [3.05, 3.63) is 36.5 Å². The predicted molar refractivity (Wildman–Crippen MR) is 83.1 cm³/mol. The van der Waals surface area contributed by atoms with Crippen LogP contribution >= 0.6 is 11.8 Å². The molecular weight excluding hydrogens is 286 g/mol. The van der Waals surface area contributed by atoms with E-state index in [1.54, 1.807) is 11.1 Å².